The predicted octanol–water partition coefficient (Wildman–Crippen LogP) is 3.03. The van der Waals surface area contributed by atoms with Gasteiger partial charge in [-0.15, -0.1) is 0 Å². The van der Waals surface area contributed by atoms with Crippen LogP contribution in [0, 0.1) is 10.1 Å². The molecule has 0 N–H and O–H groups in total. The second-order valence-corrected chi connectivity index (χ2v) is 7.54. The van der Waals surface area contributed by atoms with Crippen LogP contribution >= 0.6 is 15.9 Å². The van der Waals surface area contributed by atoms with Crippen molar-refractivity contribution in [2.45, 2.75) is 11.3 Å². The summed E-state index contributed by atoms with van der Waals surface area (Å²) in [6.45, 7) is 0.0633. The van der Waals surface area contributed by atoms with Crippen molar-refractivity contribution in [3.8, 4) is 11.5 Å². The lowest BCUT2D eigenvalue weighted by Crippen LogP contribution is -2.09. The molecular formula is C15H12BrNO7S. The number of hydrogen-bond acceptors (Lipinski definition) is 7. The van der Waals surface area contributed by atoms with E-state index in [9.17, 15) is 18.5 Å². The monoisotopic (exact) mass is 429 g/mol. The Labute approximate surface area is 151 Å². The van der Waals surface area contributed by atoms with Gasteiger partial charge in [-0.1, -0.05) is 15.9 Å². The third kappa shape index (κ3) is 3.91. The zero-order chi connectivity index (χ0) is 18.0. The highest BCUT2D eigenvalue weighted by molar-refractivity contribution is 9.10. The van der Waals surface area contributed by atoms with Crippen molar-refractivity contribution in [1.82, 2.24) is 0 Å². The van der Waals surface area contributed by atoms with Crippen molar-refractivity contribution in [2.24, 2.45) is 0 Å². The van der Waals surface area contributed by atoms with E-state index in [1.54, 1.807) is 12.1 Å². The van der Waals surface area contributed by atoms with Gasteiger partial charge in [-0.2, -0.15) is 8.42 Å². The second kappa shape index (κ2) is 6.98. The van der Waals surface area contributed by atoms with Crippen LogP contribution in [0.5, 0.6) is 11.5 Å². The number of benzene rings is 2. The van der Waals surface area contributed by atoms with Crippen LogP contribution in [0.1, 0.15) is 5.56 Å². The van der Waals surface area contributed by atoms with Gasteiger partial charge < -0.3 is 9.47 Å². The van der Waals surface area contributed by atoms with Crippen LogP contribution in [-0.4, -0.2) is 26.7 Å². The van der Waals surface area contributed by atoms with E-state index in [-0.39, 0.29) is 24.0 Å². The molecule has 1 aliphatic heterocycles. The Kier molecular flexibility index (Phi) is 4.93. The largest absolute Gasteiger partial charge is 0.454 e. The van der Waals surface area contributed by atoms with Gasteiger partial charge >= 0.3 is 0 Å². The van der Waals surface area contributed by atoms with Gasteiger partial charge in [0.2, 0.25) is 6.79 Å². The molecule has 0 aliphatic carbocycles. The molecule has 0 fully saturated rings. The number of nitro groups is 1. The summed E-state index contributed by atoms with van der Waals surface area (Å²) >= 11 is 3.39. The molecule has 0 spiro atoms. The topological polar surface area (TPSA) is 105 Å². The summed E-state index contributed by atoms with van der Waals surface area (Å²) in [7, 11) is -3.99. The van der Waals surface area contributed by atoms with Crippen LogP contribution in [-0.2, 0) is 20.7 Å². The van der Waals surface area contributed by atoms with Gasteiger partial charge in [0.25, 0.3) is 15.8 Å². The van der Waals surface area contributed by atoms with Crippen molar-refractivity contribution in [1.29, 1.82) is 0 Å². The molecule has 132 valence electrons. The summed E-state index contributed by atoms with van der Waals surface area (Å²) in [5.74, 6) is 1.21. The molecule has 10 heteroatoms. The maximum absolute atomic E-state index is 12.1. The molecule has 0 bridgehead atoms. The second-order valence-electron chi connectivity index (χ2n) is 5.07. The van der Waals surface area contributed by atoms with Gasteiger partial charge in [-0.3, -0.25) is 14.3 Å². The Balaban J connectivity index is 1.66. The standard InChI is InChI=1S/C15H12BrNO7S/c16-13-8-15-14(22-9-23-15)7-10(13)5-6-24-25(20,21)12-3-1-11(2-4-12)17(18)19/h1-4,7-8H,5-6,9H2. The van der Waals surface area contributed by atoms with E-state index in [0.717, 1.165) is 34.3 Å². The van der Waals surface area contributed by atoms with Gasteiger partial charge in [-0.25, -0.2) is 0 Å². The molecule has 2 aromatic carbocycles. The highest BCUT2D eigenvalue weighted by Gasteiger charge is 2.19. The van der Waals surface area contributed by atoms with Crippen LogP contribution in [0.25, 0.3) is 0 Å². The molecule has 2 aromatic rings. The Bertz CT molecular complexity index is 912. The Morgan fingerprint density at radius 1 is 1.16 bits per heavy atom. The number of nitrogens with zero attached hydrogens (tertiary/aromatic N) is 1. The van der Waals surface area contributed by atoms with Crippen LogP contribution in [0.2, 0.25) is 0 Å². The fraction of sp³-hybridized carbons (Fsp3) is 0.200. The normalized spacial score (nSPS) is 13.0. The molecule has 25 heavy (non-hydrogen) atoms. The molecule has 0 aromatic heterocycles. The average molecular weight is 430 g/mol. The quantitative estimate of drug-likeness (QED) is 0.394. The SMILES string of the molecule is O=[N+]([O-])c1ccc(S(=O)(=O)OCCc2cc3c(cc2Br)OCO3)cc1. The average Bonchev–Trinajstić information content (AvgIpc) is 3.02. The summed E-state index contributed by atoms with van der Waals surface area (Å²) in [6, 6.07) is 8.03. The Morgan fingerprint density at radius 3 is 2.44 bits per heavy atom. The van der Waals surface area contributed by atoms with E-state index >= 15 is 0 Å². The fourth-order valence-corrected chi connectivity index (χ4v) is 3.64. The zero-order valence-corrected chi connectivity index (χ0v) is 15.1. The number of fused-ring (bicyclic) bond motifs is 1. The first-order valence-electron chi connectivity index (χ1n) is 7.09. The van der Waals surface area contributed by atoms with Crippen molar-refractivity contribution >= 4 is 31.7 Å². The lowest BCUT2D eigenvalue weighted by Gasteiger charge is -2.08. The van der Waals surface area contributed by atoms with Crippen LogP contribution in [0.3, 0.4) is 0 Å². The van der Waals surface area contributed by atoms with E-state index in [2.05, 4.69) is 15.9 Å². The minimum atomic E-state index is -3.99. The Hall–Kier alpha value is -2.17. The number of ether oxygens (including phenoxy) is 2. The van der Waals surface area contributed by atoms with Crippen molar-refractivity contribution in [3.63, 3.8) is 0 Å². The number of halogens is 1. The van der Waals surface area contributed by atoms with E-state index in [1.807, 2.05) is 0 Å². The third-order valence-corrected chi connectivity index (χ3v) is 5.55. The lowest BCUT2D eigenvalue weighted by atomic mass is 10.1. The highest BCUT2D eigenvalue weighted by atomic mass is 79.9. The van der Waals surface area contributed by atoms with Crippen LogP contribution in [0.4, 0.5) is 5.69 Å². The van der Waals surface area contributed by atoms with Crippen LogP contribution in [0.15, 0.2) is 45.8 Å². The molecule has 0 amide bonds. The molecule has 0 saturated carbocycles. The minimum absolute atomic E-state index is 0.0857. The number of hydrogen-bond donors (Lipinski definition) is 0. The first-order chi connectivity index (χ1) is 11.9. The molecule has 1 aliphatic rings. The van der Waals surface area contributed by atoms with Crippen molar-refractivity contribution in [3.05, 3.63) is 56.5 Å². The number of rotatable bonds is 6. The summed E-state index contributed by atoms with van der Waals surface area (Å²) in [4.78, 5) is 9.87. The molecule has 1 heterocycles. The van der Waals surface area contributed by atoms with E-state index in [4.69, 9.17) is 13.7 Å². The van der Waals surface area contributed by atoms with Crippen LogP contribution < -0.4 is 9.47 Å². The van der Waals surface area contributed by atoms with E-state index in [1.165, 1.54) is 0 Å². The zero-order valence-electron chi connectivity index (χ0n) is 12.7. The molecule has 0 atom stereocenters. The fourth-order valence-electron chi connectivity index (χ4n) is 2.21. The van der Waals surface area contributed by atoms with E-state index < -0.39 is 15.0 Å². The van der Waals surface area contributed by atoms with Gasteiger partial charge in [-0.05, 0) is 36.2 Å². The van der Waals surface area contributed by atoms with Crippen molar-refractivity contribution < 1.29 is 27.0 Å². The molecule has 0 unspecified atom stereocenters. The van der Waals surface area contributed by atoms with Gasteiger partial charge in [0.05, 0.1) is 16.4 Å². The molecular weight excluding hydrogens is 418 g/mol. The van der Waals surface area contributed by atoms with Crippen molar-refractivity contribution in [2.75, 3.05) is 13.4 Å². The minimum Gasteiger partial charge on any atom is -0.454 e. The van der Waals surface area contributed by atoms with Gasteiger partial charge in [0, 0.05) is 16.6 Å². The summed E-state index contributed by atoms with van der Waals surface area (Å²) < 4.78 is 40.5. The summed E-state index contributed by atoms with van der Waals surface area (Å²) in [5.41, 5.74) is 0.617. The number of non-ortho nitro benzene ring substituents is 1. The molecule has 8 nitrogen and oxygen atoms in total. The summed E-state index contributed by atoms with van der Waals surface area (Å²) in [5, 5.41) is 10.6. The van der Waals surface area contributed by atoms with Gasteiger partial charge in [0.1, 0.15) is 0 Å². The maximum Gasteiger partial charge on any atom is 0.296 e. The summed E-state index contributed by atoms with van der Waals surface area (Å²) in [6.07, 6.45) is 0.323. The van der Waals surface area contributed by atoms with Gasteiger partial charge in [0.15, 0.2) is 11.5 Å². The predicted molar refractivity (Wildman–Crippen MR) is 90.2 cm³/mol. The lowest BCUT2D eigenvalue weighted by molar-refractivity contribution is -0.384. The molecule has 0 radical (unpaired) electrons. The number of nitro benzene ring substituents is 1. The molecule has 0 saturated heterocycles. The molecule has 3 rings (SSSR count). The highest BCUT2D eigenvalue weighted by Crippen LogP contribution is 2.37. The van der Waals surface area contributed by atoms with E-state index in [0.29, 0.717) is 17.9 Å². The third-order valence-electron chi connectivity index (χ3n) is 3.49. The maximum atomic E-state index is 12.1. The smallest absolute Gasteiger partial charge is 0.296 e. The Morgan fingerprint density at radius 2 is 1.80 bits per heavy atom. The first kappa shape index (κ1) is 17.6. The first-order valence-corrected chi connectivity index (χ1v) is 9.29.